The van der Waals surface area contributed by atoms with Gasteiger partial charge in [-0.2, -0.15) is 0 Å². The van der Waals surface area contributed by atoms with Gasteiger partial charge in [-0.05, 0) is 36.8 Å². The summed E-state index contributed by atoms with van der Waals surface area (Å²) in [6, 6.07) is 9.38. The van der Waals surface area contributed by atoms with E-state index in [1.807, 2.05) is 30.3 Å². The number of furan rings is 1. The van der Waals surface area contributed by atoms with Gasteiger partial charge in [0.1, 0.15) is 17.3 Å². The second kappa shape index (κ2) is 6.29. The highest BCUT2D eigenvalue weighted by molar-refractivity contribution is 5.42. The molecule has 0 fully saturated rings. The lowest BCUT2D eigenvalue weighted by atomic mass is 10.0. The predicted molar refractivity (Wildman–Crippen MR) is 73.5 cm³/mol. The topological polar surface area (TPSA) is 57.6 Å². The van der Waals surface area contributed by atoms with Crippen LogP contribution in [0.4, 0.5) is 0 Å². The van der Waals surface area contributed by atoms with Crippen molar-refractivity contribution in [1.82, 2.24) is 0 Å². The Morgan fingerprint density at radius 2 is 2.05 bits per heavy atom. The number of hydrogen-bond acceptors (Lipinski definition) is 4. The molecule has 1 aromatic carbocycles. The molecular weight excluding hydrogens is 242 g/mol. The van der Waals surface area contributed by atoms with Crippen LogP contribution >= 0.6 is 0 Å². The third-order valence-corrected chi connectivity index (χ3v) is 3.12. The molecule has 1 atom stereocenters. The monoisotopic (exact) mass is 261 g/mol. The quantitative estimate of drug-likeness (QED) is 0.868. The lowest BCUT2D eigenvalue weighted by Gasteiger charge is -2.16. The molecule has 2 rings (SSSR count). The third-order valence-electron chi connectivity index (χ3n) is 3.12. The molecule has 4 nitrogen and oxygen atoms in total. The number of ether oxygens (including phenoxy) is 2. The van der Waals surface area contributed by atoms with Gasteiger partial charge in [0, 0.05) is 18.0 Å². The summed E-state index contributed by atoms with van der Waals surface area (Å²) >= 11 is 0. The van der Waals surface area contributed by atoms with Crippen LogP contribution in [-0.2, 0) is 6.42 Å². The second-order valence-electron chi connectivity index (χ2n) is 4.33. The molecule has 1 aromatic heterocycles. The van der Waals surface area contributed by atoms with E-state index in [1.54, 1.807) is 20.5 Å². The molecule has 0 aliphatic rings. The average Bonchev–Trinajstić information content (AvgIpc) is 2.97. The Labute approximate surface area is 113 Å². The van der Waals surface area contributed by atoms with Crippen LogP contribution in [0.1, 0.15) is 23.8 Å². The maximum atomic E-state index is 6.23. The van der Waals surface area contributed by atoms with Crippen LogP contribution in [0.3, 0.4) is 0 Å². The van der Waals surface area contributed by atoms with E-state index in [9.17, 15) is 0 Å². The molecule has 0 amide bonds. The third kappa shape index (κ3) is 3.29. The lowest BCUT2D eigenvalue weighted by molar-refractivity contribution is 0.393. The van der Waals surface area contributed by atoms with Crippen LogP contribution in [0.2, 0.25) is 0 Å². The van der Waals surface area contributed by atoms with Crippen LogP contribution in [0.25, 0.3) is 0 Å². The first kappa shape index (κ1) is 13.5. The van der Waals surface area contributed by atoms with Gasteiger partial charge >= 0.3 is 0 Å². The molecule has 0 aliphatic carbocycles. The predicted octanol–water partition coefficient (Wildman–Crippen LogP) is 2.93. The van der Waals surface area contributed by atoms with E-state index in [1.165, 1.54) is 0 Å². The number of benzene rings is 1. The molecule has 1 heterocycles. The highest BCUT2D eigenvalue weighted by atomic mass is 16.5. The summed E-state index contributed by atoms with van der Waals surface area (Å²) in [6.45, 7) is 0. The minimum atomic E-state index is -0.116. The molecular formula is C15H19NO3. The Bertz CT molecular complexity index is 508. The first-order valence-electron chi connectivity index (χ1n) is 6.24. The van der Waals surface area contributed by atoms with Gasteiger partial charge in [0.15, 0.2) is 0 Å². The SMILES string of the molecule is COc1ccc(OC)c(C(N)CCc2ccco2)c1. The molecule has 19 heavy (non-hydrogen) atoms. The minimum Gasteiger partial charge on any atom is -0.497 e. The van der Waals surface area contributed by atoms with Crippen molar-refractivity contribution in [2.45, 2.75) is 18.9 Å². The maximum Gasteiger partial charge on any atom is 0.123 e. The zero-order chi connectivity index (χ0) is 13.7. The summed E-state index contributed by atoms with van der Waals surface area (Å²) in [4.78, 5) is 0. The largest absolute Gasteiger partial charge is 0.497 e. The fourth-order valence-electron chi connectivity index (χ4n) is 2.04. The minimum absolute atomic E-state index is 0.116. The van der Waals surface area contributed by atoms with Crippen molar-refractivity contribution in [3.05, 3.63) is 47.9 Å². The van der Waals surface area contributed by atoms with E-state index >= 15 is 0 Å². The van der Waals surface area contributed by atoms with E-state index in [0.717, 1.165) is 35.7 Å². The standard InChI is InChI=1S/C15H19NO3/c1-17-12-6-8-15(18-2)13(10-12)14(16)7-5-11-4-3-9-19-11/h3-4,6,8-10,14H,5,7,16H2,1-2H3. The molecule has 0 bridgehead atoms. The molecule has 0 spiro atoms. The molecule has 1 unspecified atom stereocenters. The van der Waals surface area contributed by atoms with Gasteiger partial charge in [0.25, 0.3) is 0 Å². The van der Waals surface area contributed by atoms with Gasteiger partial charge in [-0.3, -0.25) is 0 Å². The summed E-state index contributed by atoms with van der Waals surface area (Å²) in [6.07, 6.45) is 3.26. The Balaban J connectivity index is 2.10. The fraction of sp³-hybridized carbons (Fsp3) is 0.333. The molecule has 0 aliphatic heterocycles. The van der Waals surface area contributed by atoms with E-state index in [-0.39, 0.29) is 6.04 Å². The molecule has 0 saturated heterocycles. The van der Waals surface area contributed by atoms with Gasteiger partial charge in [0.05, 0.1) is 20.5 Å². The van der Waals surface area contributed by atoms with E-state index in [2.05, 4.69) is 0 Å². The van der Waals surface area contributed by atoms with Crippen LogP contribution < -0.4 is 15.2 Å². The molecule has 102 valence electrons. The first-order valence-corrected chi connectivity index (χ1v) is 6.24. The molecule has 2 aromatic rings. The molecule has 0 radical (unpaired) electrons. The van der Waals surface area contributed by atoms with Crippen molar-refractivity contribution >= 4 is 0 Å². The van der Waals surface area contributed by atoms with Crippen LogP contribution in [0.5, 0.6) is 11.5 Å². The number of hydrogen-bond donors (Lipinski definition) is 1. The van der Waals surface area contributed by atoms with Gasteiger partial charge in [0.2, 0.25) is 0 Å². The zero-order valence-electron chi connectivity index (χ0n) is 11.3. The summed E-state index contributed by atoms with van der Waals surface area (Å²) in [5.41, 5.74) is 7.19. The average molecular weight is 261 g/mol. The normalized spacial score (nSPS) is 12.2. The first-order chi connectivity index (χ1) is 9.24. The lowest BCUT2D eigenvalue weighted by Crippen LogP contribution is -2.12. The Kier molecular flexibility index (Phi) is 4.47. The molecule has 2 N–H and O–H groups in total. The Morgan fingerprint density at radius 1 is 1.21 bits per heavy atom. The second-order valence-corrected chi connectivity index (χ2v) is 4.33. The van der Waals surface area contributed by atoms with E-state index in [4.69, 9.17) is 19.6 Å². The number of nitrogens with two attached hydrogens (primary N) is 1. The summed E-state index contributed by atoms with van der Waals surface area (Å²) in [5, 5.41) is 0. The maximum absolute atomic E-state index is 6.23. The van der Waals surface area contributed by atoms with Crippen LogP contribution in [-0.4, -0.2) is 14.2 Å². The van der Waals surface area contributed by atoms with E-state index in [0.29, 0.717) is 0 Å². The van der Waals surface area contributed by atoms with E-state index < -0.39 is 0 Å². The van der Waals surface area contributed by atoms with Crippen molar-refractivity contribution in [1.29, 1.82) is 0 Å². The summed E-state index contributed by atoms with van der Waals surface area (Å²) in [5.74, 6) is 2.51. The van der Waals surface area contributed by atoms with Crippen LogP contribution in [0.15, 0.2) is 41.0 Å². The van der Waals surface area contributed by atoms with Crippen molar-refractivity contribution in [3.63, 3.8) is 0 Å². The summed E-state index contributed by atoms with van der Waals surface area (Å²) < 4.78 is 15.9. The molecule has 4 heteroatoms. The van der Waals surface area contributed by atoms with Gasteiger partial charge < -0.3 is 19.6 Å². The Hall–Kier alpha value is -1.94. The summed E-state index contributed by atoms with van der Waals surface area (Å²) in [7, 11) is 3.28. The van der Waals surface area contributed by atoms with Gasteiger partial charge in [-0.25, -0.2) is 0 Å². The number of methoxy groups -OCH3 is 2. The van der Waals surface area contributed by atoms with Gasteiger partial charge in [-0.1, -0.05) is 0 Å². The highest BCUT2D eigenvalue weighted by Crippen LogP contribution is 2.30. The number of aryl methyl sites for hydroxylation is 1. The van der Waals surface area contributed by atoms with Crippen molar-refractivity contribution in [2.75, 3.05) is 14.2 Å². The zero-order valence-corrected chi connectivity index (χ0v) is 11.3. The number of rotatable bonds is 6. The highest BCUT2D eigenvalue weighted by Gasteiger charge is 2.14. The van der Waals surface area contributed by atoms with Crippen molar-refractivity contribution < 1.29 is 13.9 Å². The van der Waals surface area contributed by atoms with Gasteiger partial charge in [-0.15, -0.1) is 0 Å². The van der Waals surface area contributed by atoms with Crippen LogP contribution in [0, 0.1) is 0 Å². The van der Waals surface area contributed by atoms with Crippen molar-refractivity contribution in [3.8, 4) is 11.5 Å². The smallest absolute Gasteiger partial charge is 0.123 e. The Morgan fingerprint density at radius 3 is 2.68 bits per heavy atom. The molecule has 0 saturated carbocycles. The fourth-order valence-corrected chi connectivity index (χ4v) is 2.04. The van der Waals surface area contributed by atoms with Crippen molar-refractivity contribution in [2.24, 2.45) is 5.73 Å².